The Balaban J connectivity index is -0.00000000673. The van der Waals surface area contributed by atoms with Gasteiger partial charge in [-0.2, -0.15) is 0 Å². The molecule has 0 aliphatic carbocycles. The van der Waals surface area contributed by atoms with Gasteiger partial charge in [0.05, 0.1) is 11.2 Å². The van der Waals surface area contributed by atoms with Crippen molar-refractivity contribution in [2.24, 2.45) is 0 Å². The van der Waals surface area contributed by atoms with Gasteiger partial charge in [0, 0.05) is 7.11 Å². The molecule has 0 aliphatic heterocycles. The van der Waals surface area contributed by atoms with Crippen LogP contribution in [-0.4, -0.2) is 23.4 Å². The maximum absolute atomic E-state index is 8.52. The summed E-state index contributed by atoms with van der Waals surface area (Å²) in [7, 11) is 1.71. The molecule has 1 N–H and O–H groups in total. The van der Waals surface area contributed by atoms with E-state index in [1.807, 2.05) is 20.8 Å². The van der Waals surface area contributed by atoms with Gasteiger partial charge >= 0.3 is 46.3 Å². The van der Waals surface area contributed by atoms with Crippen molar-refractivity contribution < 1.29 is 56.2 Å². The molecule has 0 aromatic rings. The van der Waals surface area contributed by atoms with Gasteiger partial charge in [0.15, 0.2) is 0 Å². The Kier molecular flexibility index (Phi) is 205. The van der Waals surface area contributed by atoms with Gasteiger partial charge in [0.1, 0.15) is 0 Å². The van der Waals surface area contributed by atoms with Gasteiger partial charge in [-0.3, -0.25) is 0 Å². The molecule has 0 aromatic carbocycles. The summed E-state index contributed by atoms with van der Waals surface area (Å²) in [6.07, 6.45) is 0. The van der Waals surface area contributed by atoms with E-state index in [4.69, 9.17) is 16.6 Å². The van der Waals surface area contributed by atoms with Crippen molar-refractivity contribution in [1.29, 1.82) is 0 Å². The predicted molar refractivity (Wildman–Crippen MR) is 107 cm³/mol. The molecule has 4 nitrogen and oxygen atoms in total. The zero-order valence-corrected chi connectivity index (χ0v) is 21.9. The van der Waals surface area contributed by atoms with E-state index in [9.17, 15) is 0 Å². The van der Waals surface area contributed by atoms with Crippen LogP contribution in [0.4, 0.5) is 0 Å². The molecule has 0 unspecified atom stereocenters. The summed E-state index contributed by atoms with van der Waals surface area (Å²) in [5.74, 6) is 0. The Morgan fingerprint density at radius 3 is 0.696 bits per heavy atom. The van der Waals surface area contributed by atoms with E-state index in [1.165, 1.54) is 0 Å². The van der Waals surface area contributed by atoms with E-state index in [-0.39, 0.29) is 94.9 Å². The summed E-state index contributed by atoms with van der Waals surface area (Å²) in [4.78, 5) is 0. The molecule has 0 saturated heterocycles. The zero-order chi connectivity index (χ0) is 13.7. The second kappa shape index (κ2) is 56.3. The molecule has 0 heterocycles. The van der Waals surface area contributed by atoms with Crippen LogP contribution in [0.5, 0.6) is 0 Å². The van der Waals surface area contributed by atoms with Crippen molar-refractivity contribution in [2.45, 2.75) is 67.6 Å². The fraction of sp³-hybridized carbons (Fsp3) is 1.00. The molecule has 0 aromatic heterocycles. The average molecular weight is 637 g/mol. The summed E-state index contributed by atoms with van der Waals surface area (Å²) in [6, 6.07) is 0. The molecule has 0 spiro atoms. The van der Waals surface area contributed by atoms with Crippen LogP contribution in [0.15, 0.2) is 0 Å². The van der Waals surface area contributed by atoms with E-state index >= 15 is 0 Å². The van der Waals surface area contributed by atoms with Gasteiger partial charge in [0.25, 0.3) is 0 Å². The molecule has 0 rings (SSSR count). The van der Waals surface area contributed by atoms with Crippen LogP contribution in [0.2, 0.25) is 0 Å². The van der Waals surface area contributed by atoms with Crippen LogP contribution < -0.4 is 0 Å². The summed E-state index contributed by atoms with van der Waals surface area (Å²) < 4.78 is 21.5. The third kappa shape index (κ3) is 397. The first-order chi connectivity index (χ1) is 6.56. The van der Waals surface area contributed by atoms with Crippen LogP contribution in [0.1, 0.15) is 56.4 Å². The molecular formula is C11H36Cl6Mo2O4. The number of rotatable bonds is 0. The molecule has 12 heteroatoms. The predicted octanol–water partition coefficient (Wildman–Crippen LogP) is 5.77. The monoisotopic (exact) mass is 638 g/mol. The first-order valence-corrected chi connectivity index (χ1v) is 5.81. The molecule has 0 saturated carbocycles. The van der Waals surface area contributed by atoms with E-state index in [0.29, 0.717) is 39.6 Å². The van der Waals surface area contributed by atoms with E-state index in [0.717, 1.165) is 0 Å². The maximum atomic E-state index is 8.52. The Hall–Kier alpha value is 2.64. The Bertz CT molecular complexity index is 131. The first kappa shape index (κ1) is 83.7. The molecular weight excluding hydrogens is 601 g/mol. The molecule has 0 radical (unpaired) electrons. The van der Waals surface area contributed by atoms with Crippen LogP contribution in [0, 0.1) is 0 Å². The molecule has 0 amide bonds. The van der Waals surface area contributed by atoms with Gasteiger partial charge in [-0.15, -0.1) is 74.4 Å². The molecule has 0 atom stereocenters. The van der Waals surface area contributed by atoms with Crippen LogP contribution in [0.3, 0.4) is 0 Å². The number of aliphatic hydroxyl groups is 1. The van der Waals surface area contributed by atoms with Gasteiger partial charge < -0.3 is 9.84 Å². The fourth-order valence-electron chi connectivity index (χ4n) is 0. The van der Waals surface area contributed by atoms with Gasteiger partial charge in [-0.1, -0.05) is 14.9 Å². The van der Waals surface area contributed by atoms with Crippen LogP contribution >= 0.6 is 74.4 Å². The van der Waals surface area contributed by atoms with E-state index in [1.54, 1.807) is 27.9 Å². The van der Waals surface area contributed by atoms with Crippen LogP contribution in [0.25, 0.3) is 0 Å². The summed E-state index contributed by atoms with van der Waals surface area (Å²) in [5, 5.41) is 8.52. The number of ether oxygens (including phenoxy) is 1. The van der Waals surface area contributed by atoms with Gasteiger partial charge in [-0.25, -0.2) is 0 Å². The molecule has 158 valence electrons. The fourth-order valence-corrected chi connectivity index (χ4v) is 0. The second-order valence-electron chi connectivity index (χ2n) is 4.49. The number of hydrogen-bond donors (Lipinski definition) is 1. The average Bonchev–Trinajstić information content (AvgIpc) is 2.07. The summed E-state index contributed by atoms with van der Waals surface area (Å²) in [6.45, 7) is 11.3. The summed E-state index contributed by atoms with van der Waals surface area (Å²) in [5.41, 5.74) is -0.458. The van der Waals surface area contributed by atoms with E-state index in [2.05, 4.69) is 0 Å². The normalized spacial score (nSPS) is 6.09. The second-order valence-corrected chi connectivity index (χ2v) is 4.49. The topological polar surface area (TPSA) is 63.6 Å². The van der Waals surface area contributed by atoms with E-state index < -0.39 is 5.60 Å². The Morgan fingerprint density at radius 1 is 0.652 bits per heavy atom. The minimum atomic E-state index is -0.500. The standard InChI is InChI=1S/C5H12O.C4H10O.2CH4.6ClH.2Mo.2O/c1-5(2,3)6-4;1-4(2,3)5;;;;;;;;;;;;/h1-4H3;5H,1-3H3;2*1H4;6*1H;;;;. The van der Waals surface area contributed by atoms with Crippen molar-refractivity contribution in [2.75, 3.05) is 7.11 Å². The number of hydrogen-bond acceptors (Lipinski definition) is 4. The number of methoxy groups -OCH3 is 1. The Labute approximate surface area is 203 Å². The quantitative estimate of drug-likeness (QED) is 0.343. The Morgan fingerprint density at radius 2 is 0.696 bits per heavy atom. The third-order valence-corrected chi connectivity index (χ3v) is 0.612. The molecule has 0 aliphatic rings. The zero-order valence-electron chi connectivity index (χ0n) is 12.9. The SMILES string of the molecule is C.C.CC(C)(C)O.COC(C)(C)C.Cl.Cl.Cl.Cl.Cl.Cl.[O]=[Mo].[O]=[Mo]. The van der Waals surface area contributed by atoms with Crippen molar-refractivity contribution in [3.05, 3.63) is 0 Å². The molecule has 23 heavy (non-hydrogen) atoms. The van der Waals surface area contributed by atoms with Crippen LogP contribution in [-0.2, 0) is 51.1 Å². The first-order valence-electron chi connectivity index (χ1n) is 4.17. The molecule has 0 bridgehead atoms. The van der Waals surface area contributed by atoms with Gasteiger partial charge in [-0.05, 0) is 41.5 Å². The number of halogens is 6. The minimum absolute atomic E-state index is 0. The van der Waals surface area contributed by atoms with Gasteiger partial charge in [0.2, 0.25) is 0 Å². The van der Waals surface area contributed by atoms with Crippen molar-refractivity contribution >= 4 is 74.4 Å². The third-order valence-electron chi connectivity index (χ3n) is 0.612. The molecule has 0 fully saturated rings. The van der Waals surface area contributed by atoms with Crippen molar-refractivity contribution in [3.8, 4) is 0 Å². The van der Waals surface area contributed by atoms with Crippen molar-refractivity contribution in [1.82, 2.24) is 0 Å². The summed E-state index contributed by atoms with van der Waals surface area (Å²) >= 11 is 1.40. The van der Waals surface area contributed by atoms with Crippen molar-refractivity contribution in [3.63, 3.8) is 0 Å².